The van der Waals surface area contributed by atoms with Crippen molar-refractivity contribution in [3.05, 3.63) is 11.6 Å². The van der Waals surface area contributed by atoms with E-state index in [1.54, 1.807) is 13.0 Å². The zero-order chi connectivity index (χ0) is 30.9. The van der Waals surface area contributed by atoms with Crippen LogP contribution < -0.4 is 0 Å². The molecule has 2 aliphatic heterocycles. The van der Waals surface area contributed by atoms with Gasteiger partial charge in [-0.25, -0.2) is 4.79 Å². The van der Waals surface area contributed by atoms with Crippen LogP contribution >= 0.6 is 0 Å². The highest BCUT2D eigenvalue weighted by Crippen LogP contribution is 2.70. The molecular formula is C34H50O9. The van der Waals surface area contributed by atoms with E-state index in [2.05, 4.69) is 13.8 Å². The van der Waals surface area contributed by atoms with E-state index in [4.69, 9.17) is 23.7 Å². The highest BCUT2D eigenvalue weighted by atomic mass is 16.7. The van der Waals surface area contributed by atoms with Gasteiger partial charge in [-0.15, -0.1) is 0 Å². The van der Waals surface area contributed by atoms with Crippen LogP contribution in [0.5, 0.6) is 0 Å². The molecule has 0 spiro atoms. The van der Waals surface area contributed by atoms with Crippen LogP contribution in [0.15, 0.2) is 11.6 Å². The van der Waals surface area contributed by atoms with Gasteiger partial charge in [-0.2, -0.15) is 0 Å². The molecule has 240 valence electrons. The molecule has 9 heteroatoms. The first-order valence-corrected chi connectivity index (χ1v) is 16.5. The topological polar surface area (TPSA) is 118 Å². The van der Waals surface area contributed by atoms with E-state index in [0.717, 1.165) is 50.5 Å². The minimum atomic E-state index is -1.00. The Labute approximate surface area is 255 Å². The number of carbonyl (C=O) groups is 3. The first kappa shape index (κ1) is 31.2. The van der Waals surface area contributed by atoms with Gasteiger partial charge in [-0.3, -0.25) is 9.59 Å². The summed E-state index contributed by atoms with van der Waals surface area (Å²) in [6, 6.07) is 0. The number of cyclic esters (lactones) is 1. The Kier molecular flexibility index (Phi) is 8.13. The van der Waals surface area contributed by atoms with Gasteiger partial charge in [0.2, 0.25) is 0 Å². The van der Waals surface area contributed by atoms with Crippen molar-refractivity contribution in [1.82, 2.24) is 0 Å². The van der Waals surface area contributed by atoms with Crippen molar-refractivity contribution in [1.29, 1.82) is 0 Å². The normalized spacial score (nSPS) is 47.8. The molecule has 6 rings (SSSR count). The van der Waals surface area contributed by atoms with E-state index in [1.165, 1.54) is 6.92 Å². The van der Waals surface area contributed by atoms with Crippen LogP contribution in [0.25, 0.3) is 0 Å². The molecule has 4 saturated carbocycles. The van der Waals surface area contributed by atoms with E-state index in [0.29, 0.717) is 24.7 Å². The summed E-state index contributed by atoms with van der Waals surface area (Å²) < 4.78 is 29.5. The van der Waals surface area contributed by atoms with Gasteiger partial charge in [-0.1, -0.05) is 13.8 Å². The van der Waals surface area contributed by atoms with E-state index in [9.17, 15) is 19.5 Å². The van der Waals surface area contributed by atoms with Gasteiger partial charge < -0.3 is 28.8 Å². The van der Waals surface area contributed by atoms with Crippen LogP contribution in [0.1, 0.15) is 99.3 Å². The molecule has 0 aromatic heterocycles. The Morgan fingerprint density at radius 2 is 1.84 bits per heavy atom. The summed E-state index contributed by atoms with van der Waals surface area (Å²) in [5, 5.41) is 12.7. The fraction of sp³-hybridized carbons (Fsp3) is 0.853. The van der Waals surface area contributed by atoms with Crippen LogP contribution in [0.3, 0.4) is 0 Å². The molecule has 0 amide bonds. The number of Topliss-reactive ketones (excluding diaryl/α,β-unsaturated/α-hetero) is 1. The molecule has 4 aliphatic carbocycles. The Bertz CT molecular complexity index is 1160. The Morgan fingerprint density at radius 3 is 2.51 bits per heavy atom. The maximum Gasteiger partial charge on any atom is 0.331 e. The van der Waals surface area contributed by atoms with Gasteiger partial charge in [0.25, 0.3) is 0 Å². The number of hydrogen-bond donors (Lipinski definition) is 1. The molecule has 0 aromatic carbocycles. The maximum atomic E-state index is 12.7. The van der Waals surface area contributed by atoms with Crippen molar-refractivity contribution < 1.29 is 43.2 Å². The summed E-state index contributed by atoms with van der Waals surface area (Å²) in [4.78, 5) is 36.8. The van der Waals surface area contributed by atoms with E-state index < -0.39 is 35.6 Å². The number of aliphatic hydroxyl groups is 1. The summed E-state index contributed by atoms with van der Waals surface area (Å²) in [5.74, 6) is -0.0655. The molecule has 1 N–H and O–H groups in total. The summed E-state index contributed by atoms with van der Waals surface area (Å²) in [6.45, 7) is 11.8. The van der Waals surface area contributed by atoms with Gasteiger partial charge in [0.1, 0.15) is 24.9 Å². The zero-order valence-corrected chi connectivity index (χ0v) is 26.6. The quantitative estimate of drug-likeness (QED) is 0.342. The maximum absolute atomic E-state index is 12.7. The Hall–Kier alpha value is -1.81. The molecule has 2 heterocycles. The van der Waals surface area contributed by atoms with E-state index in [-0.39, 0.29) is 53.8 Å². The molecule has 1 saturated heterocycles. The van der Waals surface area contributed by atoms with Crippen molar-refractivity contribution in [2.24, 2.45) is 34.5 Å². The zero-order valence-electron chi connectivity index (χ0n) is 26.6. The lowest BCUT2D eigenvalue weighted by Gasteiger charge is -2.63. The van der Waals surface area contributed by atoms with Crippen LogP contribution in [0.4, 0.5) is 0 Å². The Morgan fingerprint density at radius 1 is 1.07 bits per heavy atom. The summed E-state index contributed by atoms with van der Waals surface area (Å²) in [7, 11) is 0. The van der Waals surface area contributed by atoms with Crippen molar-refractivity contribution in [3.8, 4) is 0 Å². The van der Waals surface area contributed by atoms with Crippen molar-refractivity contribution in [2.75, 3.05) is 6.61 Å². The highest BCUT2D eigenvalue weighted by molar-refractivity contribution is 5.87. The fourth-order valence-corrected chi connectivity index (χ4v) is 10.5. The molecule has 5 fully saturated rings. The molecule has 9 nitrogen and oxygen atoms in total. The van der Waals surface area contributed by atoms with Gasteiger partial charge in [0, 0.05) is 37.2 Å². The lowest BCUT2D eigenvalue weighted by molar-refractivity contribution is -0.247. The molecule has 43 heavy (non-hydrogen) atoms. The summed E-state index contributed by atoms with van der Waals surface area (Å²) >= 11 is 0. The summed E-state index contributed by atoms with van der Waals surface area (Å²) in [5.41, 5.74) is -0.606. The number of hydrogen-bond acceptors (Lipinski definition) is 9. The number of ketones is 1. The second kappa shape index (κ2) is 11.2. The SMILES string of the molecule is CC(=O)O[C@H]1C[C@]2(O)[C@@H]3CC[C@@H]4C[C@@H](O[C@H]5C[C@@H](OC(C)C)C(=O)C(C)O5)CC[C@]4(C)C3CC[C@]2(C)[C@H]1C1=CC(=O)OC1. The second-order valence-electron chi connectivity index (χ2n) is 15.1. The van der Waals surface area contributed by atoms with E-state index >= 15 is 0 Å². The van der Waals surface area contributed by atoms with Gasteiger partial charge in [-0.05, 0) is 94.5 Å². The van der Waals surface area contributed by atoms with Crippen molar-refractivity contribution in [2.45, 2.75) is 142 Å². The highest BCUT2D eigenvalue weighted by Gasteiger charge is 2.71. The second-order valence-corrected chi connectivity index (χ2v) is 15.1. The number of fused-ring (bicyclic) bond motifs is 5. The molecule has 0 bridgehead atoms. The molecule has 12 atom stereocenters. The fourth-order valence-electron chi connectivity index (χ4n) is 10.5. The van der Waals surface area contributed by atoms with Crippen LogP contribution in [-0.4, -0.2) is 71.8 Å². The predicted molar refractivity (Wildman–Crippen MR) is 155 cm³/mol. The average molecular weight is 603 g/mol. The number of esters is 2. The Balaban J connectivity index is 1.18. The minimum absolute atomic E-state index is 0.0150. The van der Waals surface area contributed by atoms with Crippen LogP contribution in [0, 0.1) is 34.5 Å². The molecule has 2 unspecified atom stereocenters. The van der Waals surface area contributed by atoms with Crippen LogP contribution in [0.2, 0.25) is 0 Å². The molecule has 0 aromatic rings. The molecular weight excluding hydrogens is 552 g/mol. The minimum Gasteiger partial charge on any atom is -0.462 e. The lowest BCUT2D eigenvalue weighted by atomic mass is 9.43. The number of ether oxygens (including phenoxy) is 5. The standard InChI is InChI=1S/C34H50O9/c1-18(2)40-26-15-29(41-19(3)31(26)37)43-23-9-11-32(5)22(14-23)7-8-25-24(32)10-12-33(6)30(21-13-28(36)39-17-21)27(42-20(4)35)16-34(25,33)38/h13,18-19,22-27,29-30,38H,7-12,14-17H2,1-6H3/t19?,22-,23+,24?,25-,26-,27+,29+,30+,32+,33-,34+/m1/s1. The molecule has 0 radical (unpaired) electrons. The number of rotatable bonds is 6. The first-order chi connectivity index (χ1) is 20.2. The van der Waals surface area contributed by atoms with Crippen LogP contribution in [-0.2, 0) is 38.1 Å². The van der Waals surface area contributed by atoms with Gasteiger partial charge >= 0.3 is 11.9 Å². The van der Waals surface area contributed by atoms with Crippen molar-refractivity contribution >= 4 is 17.7 Å². The average Bonchev–Trinajstić information content (AvgIpc) is 3.43. The van der Waals surface area contributed by atoms with Gasteiger partial charge in [0.15, 0.2) is 12.1 Å². The lowest BCUT2D eigenvalue weighted by Crippen LogP contribution is -2.62. The monoisotopic (exact) mass is 602 g/mol. The third-order valence-corrected chi connectivity index (χ3v) is 12.5. The largest absolute Gasteiger partial charge is 0.462 e. The van der Waals surface area contributed by atoms with Gasteiger partial charge in [0.05, 0.1) is 17.8 Å². The third kappa shape index (κ3) is 5.20. The number of carbonyl (C=O) groups excluding carboxylic acids is 3. The summed E-state index contributed by atoms with van der Waals surface area (Å²) in [6.07, 6.45) is 7.00. The smallest absolute Gasteiger partial charge is 0.331 e. The predicted octanol–water partition coefficient (Wildman–Crippen LogP) is 4.67. The van der Waals surface area contributed by atoms with E-state index in [1.807, 2.05) is 13.8 Å². The molecule has 6 aliphatic rings. The first-order valence-electron chi connectivity index (χ1n) is 16.5. The van der Waals surface area contributed by atoms with Crippen molar-refractivity contribution in [3.63, 3.8) is 0 Å². The third-order valence-electron chi connectivity index (χ3n) is 12.5.